The minimum Gasteiger partial charge on any atom is -0.240 e. The van der Waals surface area contributed by atoms with Crippen molar-refractivity contribution in [2.75, 3.05) is 0 Å². The number of benzene rings is 2. The van der Waals surface area contributed by atoms with E-state index in [0.717, 1.165) is 41.7 Å². The molecule has 0 aliphatic heterocycles. The van der Waals surface area contributed by atoms with Gasteiger partial charge in [0.15, 0.2) is 0 Å². The van der Waals surface area contributed by atoms with Gasteiger partial charge in [0.05, 0.1) is 16.8 Å². The molecule has 0 saturated carbocycles. The number of hydrogen-bond acceptors (Lipinski definition) is 3. The molecule has 2 aromatic carbocycles. The van der Waals surface area contributed by atoms with Crippen molar-refractivity contribution in [2.45, 2.75) is 36.2 Å². The fraction of sp³-hybridized carbons (Fsp3) is 0.217. The number of rotatable bonds is 4. The standard InChI is InChI=1S/C23H16ClF3N2S/c24-20-10-2-1-5-15(20)13-30-22-19(12-28)17-8-4-9-18(17)21(29-22)14-6-3-7-16(11-14)23(25,26)27/h1-3,5-7,10-11H,4,8-9,13H2. The van der Waals surface area contributed by atoms with E-state index in [2.05, 4.69) is 11.1 Å². The highest BCUT2D eigenvalue weighted by Gasteiger charge is 2.31. The van der Waals surface area contributed by atoms with E-state index in [-0.39, 0.29) is 0 Å². The Bertz CT molecular complexity index is 1150. The van der Waals surface area contributed by atoms with E-state index < -0.39 is 11.7 Å². The molecule has 1 aromatic heterocycles. The minimum atomic E-state index is -4.42. The highest BCUT2D eigenvalue weighted by atomic mass is 35.5. The third-order valence-electron chi connectivity index (χ3n) is 5.13. The lowest BCUT2D eigenvalue weighted by Gasteiger charge is -2.15. The summed E-state index contributed by atoms with van der Waals surface area (Å²) in [6.07, 6.45) is -2.13. The molecule has 0 bridgehead atoms. The molecule has 0 unspecified atom stereocenters. The largest absolute Gasteiger partial charge is 0.416 e. The second-order valence-corrected chi connectivity index (χ2v) is 8.39. The normalized spacial score (nSPS) is 13.2. The highest BCUT2D eigenvalue weighted by molar-refractivity contribution is 7.98. The summed E-state index contributed by atoms with van der Waals surface area (Å²) in [5, 5.41) is 10.9. The van der Waals surface area contributed by atoms with Gasteiger partial charge < -0.3 is 0 Å². The zero-order valence-corrected chi connectivity index (χ0v) is 17.3. The lowest BCUT2D eigenvalue weighted by atomic mass is 9.98. The van der Waals surface area contributed by atoms with Crippen LogP contribution >= 0.6 is 23.4 Å². The Hall–Kier alpha value is -2.49. The Balaban J connectivity index is 1.79. The van der Waals surface area contributed by atoms with E-state index in [4.69, 9.17) is 11.6 Å². The number of aromatic nitrogens is 1. The Labute approximate surface area is 181 Å². The van der Waals surface area contributed by atoms with Crippen molar-refractivity contribution in [1.82, 2.24) is 4.98 Å². The zero-order valence-electron chi connectivity index (χ0n) is 15.8. The molecule has 0 saturated heterocycles. The SMILES string of the molecule is N#Cc1c(SCc2ccccc2Cl)nc(-c2cccc(C(F)(F)F)c2)c2c1CCC2. The molecule has 4 rings (SSSR count). The van der Waals surface area contributed by atoms with Crippen LogP contribution in [0.4, 0.5) is 13.2 Å². The van der Waals surface area contributed by atoms with Crippen molar-refractivity contribution in [3.8, 4) is 17.3 Å². The highest BCUT2D eigenvalue weighted by Crippen LogP contribution is 2.40. The van der Waals surface area contributed by atoms with E-state index in [0.29, 0.717) is 39.0 Å². The average Bonchev–Trinajstić information content (AvgIpc) is 3.21. The van der Waals surface area contributed by atoms with E-state index in [1.165, 1.54) is 17.8 Å². The molecule has 0 N–H and O–H groups in total. The second kappa shape index (κ2) is 8.33. The molecular formula is C23H16ClF3N2S. The quantitative estimate of drug-likeness (QED) is 0.403. The molecular weight excluding hydrogens is 429 g/mol. The summed E-state index contributed by atoms with van der Waals surface area (Å²) in [6.45, 7) is 0. The molecule has 1 heterocycles. The van der Waals surface area contributed by atoms with Gasteiger partial charge in [0.2, 0.25) is 0 Å². The molecule has 7 heteroatoms. The van der Waals surface area contributed by atoms with Crippen molar-refractivity contribution < 1.29 is 13.2 Å². The Morgan fingerprint density at radius 2 is 1.83 bits per heavy atom. The van der Waals surface area contributed by atoms with Gasteiger partial charge in [0.1, 0.15) is 11.1 Å². The maximum Gasteiger partial charge on any atom is 0.416 e. The molecule has 0 amide bonds. The first-order valence-corrected chi connectivity index (χ1v) is 10.7. The molecule has 2 nitrogen and oxygen atoms in total. The Morgan fingerprint density at radius 3 is 2.57 bits per heavy atom. The van der Waals surface area contributed by atoms with Gasteiger partial charge in [-0.2, -0.15) is 18.4 Å². The maximum absolute atomic E-state index is 13.2. The van der Waals surface area contributed by atoms with Gasteiger partial charge in [-0.15, -0.1) is 11.8 Å². The summed E-state index contributed by atoms with van der Waals surface area (Å²) < 4.78 is 39.7. The van der Waals surface area contributed by atoms with Crippen molar-refractivity contribution in [3.63, 3.8) is 0 Å². The third kappa shape index (κ3) is 4.05. The summed E-state index contributed by atoms with van der Waals surface area (Å²) in [5.41, 5.74) is 3.48. The van der Waals surface area contributed by atoms with Gasteiger partial charge in [-0.25, -0.2) is 4.98 Å². The predicted octanol–water partition coefficient (Wildman–Crippen LogP) is 7.07. The van der Waals surface area contributed by atoms with Crippen LogP contribution in [0, 0.1) is 11.3 Å². The first-order valence-electron chi connectivity index (χ1n) is 9.38. The van der Waals surface area contributed by atoms with Crippen LogP contribution in [0.3, 0.4) is 0 Å². The van der Waals surface area contributed by atoms with Gasteiger partial charge in [-0.3, -0.25) is 0 Å². The number of nitriles is 1. The molecule has 3 aromatic rings. The predicted molar refractivity (Wildman–Crippen MR) is 112 cm³/mol. The number of pyridine rings is 1. The van der Waals surface area contributed by atoms with Crippen LogP contribution in [0.1, 0.15) is 34.2 Å². The van der Waals surface area contributed by atoms with Gasteiger partial charge in [-0.1, -0.05) is 41.9 Å². The van der Waals surface area contributed by atoms with Gasteiger partial charge >= 0.3 is 6.18 Å². The lowest BCUT2D eigenvalue weighted by Crippen LogP contribution is -2.06. The number of thioether (sulfide) groups is 1. The molecule has 0 radical (unpaired) electrons. The van der Waals surface area contributed by atoms with Gasteiger partial charge in [-0.05, 0) is 54.2 Å². The summed E-state index contributed by atoms with van der Waals surface area (Å²) in [4.78, 5) is 4.68. The molecule has 152 valence electrons. The monoisotopic (exact) mass is 444 g/mol. The number of alkyl halides is 3. The summed E-state index contributed by atoms with van der Waals surface area (Å²) in [6, 6.07) is 14.9. The first-order chi connectivity index (χ1) is 14.4. The van der Waals surface area contributed by atoms with Crippen LogP contribution in [0.25, 0.3) is 11.3 Å². The first kappa shape index (κ1) is 20.8. The van der Waals surface area contributed by atoms with E-state index >= 15 is 0 Å². The number of nitrogens with zero attached hydrogens (tertiary/aromatic N) is 2. The van der Waals surface area contributed by atoms with Crippen molar-refractivity contribution >= 4 is 23.4 Å². The number of fused-ring (bicyclic) bond motifs is 1. The van der Waals surface area contributed by atoms with Crippen molar-refractivity contribution in [1.29, 1.82) is 5.26 Å². The zero-order chi connectivity index (χ0) is 21.3. The van der Waals surface area contributed by atoms with Crippen LogP contribution in [0.15, 0.2) is 53.6 Å². The van der Waals surface area contributed by atoms with E-state index in [1.54, 1.807) is 12.1 Å². The molecule has 0 atom stereocenters. The Morgan fingerprint density at radius 1 is 1.07 bits per heavy atom. The fourth-order valence-corrected chi connectivity index (χ4v) is 4.99. The molecule has 1 aliphatic carbocycles. The minimum absolute atomic E-state index is 0.423. The van der Waals surface area contributed by atoms with Crippen molar-refractivity contribution in [3.05, 3.63) is 81.4 Å². The van der Waals surface area contributed by atoms with Crippen molar-refractivity contribution in [2.24, 2.45) is 0 Å². The topological polar surface area (TPSA) is 36.7 Å². The van der Waals surface area contributed by atoms with Gasteiger partial charge in [0, 0.05) is 16.3 Å². The van der Waals surface area contributed by atoms with E-state index in [9.17, 15) is 18.4 Å². The average molecular weight is 445 g/mol. The summed E-state index contributed by atoms with van der Waals surface area (Å²) in [5.74, 6) is 0.516. The number of halogens is 4. The van der Waals surface area contributed by atoms with Crippen LogP contribution in [-0.4, -0.2) is 4.98 Å². The smallest absolute Gasteiger partial charge is 0.240 e. The van der Waals surface area contributed by atoms with Crippen LogP contribution in [0.5, 0.6) is 0 Å². The second-order valence-electron chi connectivity index (χ2n) is 7.02. The lowest BCUT2D eigenvalue weighted by molar-refractivity contribution is -0.137. The van der Waals surface area contributed by atoms with Crippen LogP contribution in [0.2, 0.25) is 5.02 Å². The van der Waals surface area contributed by atoms with Crippen LogP contribution in [-0.2, 0) is 24.8 Å². The van der Waals surface area contributed by atoms with E-state index in [1.807, 2.05) is 18.2 Å². The fourth-order valence-electron chi connectivity index (χ4n) is 3.70. The summed E-state index contributed by atoms with van der Waals surface area (Å²) in [7, 11) is 0. The maximum atomic E-state index is 13.2. The Kier molecular flexibility index (Phi) is 5.77. The molecule has 1 aliphatic rings. The molecule has 30 heavy (non-hydrogen) atoms. The van der Waals surface area contributed by atoms with Crippen LogP contribution < -0.4 is 0 Å². The molecule has 0 spiro atoms. The van der Waals surface area contributed by atoms with Gasteiger partial charge in [0.25, 0.3) is 0 Å². The summed E-state index contributed by atoms with van der Waals surface area (Å²) >= 11 is 7.62. The molecule has 0 fully saturated rings. The third-order valence-corrected chi connectivity index (χ3v) is 6.52. The number of hydrogen-bond donors (Lipinski definition) is 0.